The molecule has 0 saturated heterocycles. The molecular weight excluding hydrogens is 330 g/mol. The van der Waals surface area contributed by atoms with Crippen LogP contribution in [0.2, 0.25) is 0 Å². The van der Waals surface area contributed by atoms with Gasteiger partial charge in [0, 0.05) is 26.2 Å². The molecule has 22 heavy (non-hydrogen) atoms. The van der Waals surface area contributed by atoms with Crippen molar-refractivity contribution in [2.75, 3.05) is 27.2 Å². The summed E-state index contributed by atoms with van der Waals surface area (Å²) in [6.07, 6.45) is 5.51. The molecule has 1 atom stereocenters. The first-order chi connectivity index (χ1) is 9.90. The van der Waals surface area contributed by atoms with E-state index in [1.54, 1.807) is 0 Å². The number of nitrogens with two attached hydrogens (primary N) is 1. The highest BCUT2D eigenvalue weighted by Crippen LogP contribution is 2.26. The van der Waals surface area contributed by atoms with E-state index in [9.17, 15) is 13.2 Å². The van der Waals surface area contributed by atoms with Gasteiger partial charge < -0.3 is 10.5 Å². The smallest absolute Gasteiger partial charge is 0.306 e. The lowest BCUT2D eigenvalue weighted by molar-refractivity contribution is -0.140. The number of ether oxygens (including phenoxy) is 1. The Morgan fingerprint density at radius 2 is 1.95 bits per heavy atom. The number of hydrogen-bond acceptors (Lipinski definition) is 5. The van der Waals surface area contributed by atoms with E-state index in [-0.39, 0.29) is 38.0 Å². The van der Waals surface area contributed by atoms with Gasteiger partial charge in [-0.05, 0) is 18.8 Å². The Balaban J connectivity index is 0.00000441. The standard InChI is InChI=1S/C13H27N3O4S.ClH/c1-16(9-8-13(17)20-2)21(18,19)15-12(10-14)11-6-4-3-5-7-11;/h11-12,15H,3-10,14H2,1-2H3;1H. The SMILES string of the molecule is COC(=O)CCN(C)S(=O)(=O)NC(CN)C1CCCCC1.Cl. The minimum absolute atomic E-state index is 0. The zero-order valence-electron chi connectivity index (χ0n) is 13.3. The summed E-state index contributed by atoms with van der Waals surface area (Å²) in [6.45, 7) is 0.374. The van der Waals surface area contributed by atoms with E-state index in [4.69, 9.17) is 5.73 Å². The lowest BCUT2D eigenvalue weighted by atomic mass is 9.84. The number of carbonyl (C=O) groups is 1. The molecule has 0 heterocycles. The number of nitrogens with zero attached hydrogens (tertiary/aromatic N) is 1. The molecule has 0 amide bonds. The molecule has 1 unspecified atom stereocenters. The van der Waals surface area contributed by atoms with Crippen molar-refractivity contribution in [1.82, 2.24) is 9.03 Å². The summed E-state index contributed by atoms with van der Waals surface area (Å²) >= 11 is 0. The molecule has 1 saturated carbocycles. The second kappa shape index (κ2) is 10.4. The van der Waals surface area contributed by atoms with E-state index in [1.807, 2.05) is 0 Å². The zero-order valence-corrected chi connectivity index (χ0v) is 14.9. The molecule has 0 radical (unpaired) electrons. The second-order valence-corrected chi connectivity index (χ2v) is 7.32. The maximum absolute atomic E-state index is 12.3. The number of rotatable bonds is 8. The minimum Gasteiger partial charge on any atom is -0.469 e. The Labute approximate surface area is 139 Å². The van der Waals surface area contributed by atoms with Crippen molar-refractivity contribution in [3.8, 4) is 0 Å². The molecule has 0 aromatic carbocycles. The van der Waals surface area contributed by atoms with Gasteiger partial charge in [0.05, 0.1) is 13.5 Å². The Morgan fingerprint density at radius 1 is 1.36 bits per heavy atom. The average molecular weight is 358 g/mol. The molecule has 1 aliphatic carbocycles. The maximum Gasteiger partial charge on any atom is 0.306 e. The molecule has 1 fully saturated rings. The Bertz CT molecular complexity index is 427. The molecule has 132 valence electrons. The van der Waals surface area contributed by atoms with Crippen molar-refractivity contribution in [3.63, 3.8) is 0 Å². The van der Waals surface area contributed by atoms with Gasteiger partial charge in [-0.15, -0.1) is 12.4 Å². The fraction of sp³-hybridized carbons (Fsp3) is 0.923. The minimum atomic E-state index is -3.63. The normalized spacial score (nSPS) is 17.8. The molecule has 0 bridgehead atoms. The van der Waals surface area contributed by atoms with Gasteiger partial charge in [-0.1, -0.05) is 19.3 Å². The monoisotopic (exact) mass is 357 g/mol. The molecule has 3 N–H and O–H groups in total. The number of halogens is 1. The number of carbonyl (C=O) groups excluding carboxylic acids is 1. The first kappa shape index (κ1) is 21.6. The van der Waals surface area contributed by atoms with Gasteiger partial charge in [0.25, 0.3) is 10.2 Å². The van der Waals surface area contributed by atoms with Crippen molar-refractivity contribution in [3.05, 3.63) is 0 Å². The van der Waals surface area contributed by atoms with Crippen molar-refractivity contribution in [1.29, 1.82) is 0 Å². The maximum atomic E-state index is 12.3. The van der Waals surface area contributed by atoms with Crippen LogP contribution >= 0.6 is 12.4 Å². The van der Waals surface area contributed by atoms with E-state index < -0.39 is 16.2 Å². The molecule has 9 heteroatoms. The lowest BCUT2D eigenvalue weighted by Crippen LogP contribution is -2.50. The Hall–Kier alpha value is -0.410. The highest BCUT2D eigenvalue weighted by molar-refractivity contribution is 7.87. The van der Waals surface area contributed by atoms with E-state index in [1.165, 1.54) is 20.6 Å². The van der Waals surface area contributed by atoms with Crippen LogP contribution in [0, 0.1) is 5.92 Å². The van der Waals surface area contributed by atoms with Gasteiger partial charge in [-0.2, -0.15) is 17.4 Å². The summed E-state index contributed by atoms with van der Waals surface area (Å²) < 4.78 is 32.8. The van der Waals surface area contributed by atoms with Crippen LogP contribution in [0.3, 0.4) is 0 Å². The number of esters is 1. The Morgan fingerprint density at radius 3 is 2.45 bits per heavy atom. The second-order valence-electron chi connectivity index (χ2n) is 5.51. The van der Waals surface area contributed by atoms with Gasteiger partial charge in [-0.3, -0.25) is 4.79 Å². The molecule has 0 aliphatic heterocycles. The summed E-state index contributed by atoms with van der Waals surface area (Å²) in [7, 11) is -0.905. The van der Waals surface area contributed by atoms with Crippen LogP contribution in [0.15, 0.2) is 0 Å². The molecule has 1 aliphatic rings. The molecule has 0 aromatic heterocycles. The average Bonchev–Trinajstić information content (AvgIpc) is 2.50. The quantitative estimate of drug-likeness (QED) is 0.621. The van der Waals surface area contributed by atoms with Crippen LogP contribution in [-0.2, 0) is 19.7 Å². The van der Waals surface area contributed by atoms with Crippen molar-refractivity contribution < 1.29 is 17.9 Å². The first-order valence-corrected chi connectivity index (χ1v) is 8.85. The van der Waals surface area contributed by atoms with Crippen molar-refractivity contribution >= 4 is 28.6 Å². The van der Waals surface area contributed by atoms with Crippen LogP contribution in [0.4, 0.5) is 0 Å². The van der Waals surface area contributed by atoms with Crippen LogP contribution < -0.4 is 10.5 Å². The van der Waals surface area contributed by atoms with Gasteiger partial charge in [0.2, 0.25) is 0 Å². The fourth-order valence-corrected chi connectivity index (χ4v) is 3.81. The number of hydrogen-bond donors (Lipinski definition) is 2. The van der Waals surface area contributed by atoms with Gasteiger partial charge in [0.15, 0.2) is 0 Å². The molecule has 7 nitrogen and oxygen atoms in total. The van der Waals surface area contributed by atoms with Crippen molar-refractivity contribution in [2.45, 2.75) is 44.6 Å². The number of methoxy groups -OCH3 is 1. The lowest BCUT2D eigenvalue weighted by Gasteiger charge is -2.31. The van der Waals surface area contributed by atoms with E-state index in [0.29, 0.717) is 5.92 Å². The van der Waals surface area contributed by atoms with Crippen LogP contribution in [0.25, 0.3) is 0 Å². The summed E-state index contributed by atoms with van der Waals surface area (Å²) in [4.78, 5) is 11.1. The molecular formula is C13H28ClN3O4S. The molecule has 0 spiro atoms. The van der Waals surface area contributed by atoms with Gasteiger partial charge >= 0.3 is 5.97 Å². The molecule has 1 rings (SSSR count). The summed E-state index contributed by atoms with van der Waals surface area (Å²) in [5.41, 5.74) is 5.74. The third kappa shape index (κ3) is 6.78. The predicted molar refractivity (Wildman–Crippen MR) is 88.0 cm³/mol. The van der Waals surface area contributed by atoms with Crippen LogP contribution in [-0.4, -0.2) is 52.0 Å². The highest BCUT2D eigenvalue weighted by Gasteiger charge is 2.28. The van der Waals surface area contributed by atoms with Gasteiger partial charge in [-0.25, -0.2) is 0 Å². The summed E-state index contributed by atoms with van der Waals surface area (Å²) in [5.74, 6) is -0.132. The zero-order chi connectivity index (χ0) is 15.9. The van der Waals surface area contributed by atoms with Crippen molar-refractivity contribution in [2.24, 2.45) is 11.7 Å². The largest absolute Gasteiger partial charge is 0.469 e. The van der Waals surface area contributed by atoms with Crippen LogP contribution in [0.5, 0.6) is 0 Å². The van der Waals surface area contributed by atoms with E-state index in [2.05, 4.69) is 9.46 Å². The highest BCUT2D eigenvalue weighted by atomic mass is 35.5. The topological polar surface area (TPSA) is 102 Å². The van der Waals surface area contributed by atoms with E-state index in [0.717, 1.165) is 30.0 Å². The third-order valence-electron chi connectivity index (χ3n) is 4.04. The third-order valence-corrected chi connectivity index (χ3v) is 5.65. The fourth-order valence-electron chi connectivity index (χ4n) is 2.63. The van der Waals surface area contributed by atoms with Crippen LogP contribution in [0.1, 0.15) is 38.5 Å². The Kier molecular flexibility index (Phi) is 10.2. The predicted octanol–water partition coefficient (Wildman–Crippen LogP) is 0.645. The number of nitrogens with one attached hydrogen (secondary N) is 1. The summed E-state index contributed by atoms with van der Waals surface area (Å²) in [5, 5.41) is 0. The first-order valence-electron chi connectivity index (χ1n) is 7.41. The summed E-state index contributed by atoms with van der Waals surface area (Å²) in [6, 6.07) is -0.240. The van der Waals surface area contributed by atoms with Gasteiger partial charge in [0.1, 0.15) is 0 Å². The molecule has 0 aromatic rings. The van der Waals surface area contributed by atoms with E-state index >= 15 is 0 Å².